The van der Waals surface area contributed by atoms with Crippen molar-refractivity contribution in [2.45, 2.75) is 62.1 Å². The van der Waals surface area contributed by atoms with E-state index in [0.717, 1.165) is 0 Å². The number of rotatable bonds is 4. The summed E-state index contributed by atoms with van der Waals surface area (Å²) in [4.78, 5) is 11.2. The van der Waals surface area contributed by atoms with Crippen LogP contribution < -0.4 is 0 Å². The summed E-state index contributed by atoms with van der Waals surface area (Å²) in [5.41, 5.74) is 0. The molecule has 0 aliphatic heterocycles. The van der Waals surface area contributed by atoms with Gasteiger partial charge in [-0.15, -0.1) is 0 Å². The second-order valence-corrected chi connectivity index (χ2v) is 12.9. The van der Waals surface area contributed by atoms with Gasteiger partial charge in [0.2, 0.25) is 3.79 Å². The van der Waals surface area contributed by atoms with E-state index in [0.29, 0.717) is 0 Å². The predicted molar refractivity (Wildman–Crippen MR) is 77.7 cm³/mol. The van der Waals surface area contributed by atoms with Gasteiger partial charge in [-0.25, -0.2) is 0 Å². The zero-order valence-corrected chi connectivity index (χ0v) is 14.5. The van der Waals surface area contributed by atoms with E-state index in [1.54, 1.807) is 0 Å². The lowest BCUT2D eigenvalue weighted by Crippen LogP contribution is -2.47. The van der Waals surface area contributed by atoms with Crippen molar-refractivity contribution in [2.24, 2.45) is 0 Å². The molecular formula is C11H21Cl3O2Si. The lowest BCUT2D eigenvalue weighted by atomic mass is 10.2. The highest BCUT2D eigenvalue weighted by Crippen LogP contribution is 2.42. The molecule has 0 fully saturated rings. The number of hydrogen-bond acceptors (Lipinski definition) is 2. The first-order chi connectivity index (χ1) is 7.27. The summed E-state index contributed by atoms with van der Waals surface area (Å²) in [5, 5.41) is 0.0119. The minimum Gasteiger partial charge on any atom is -0.409 e. The van der Waals surface area contributed by atoms with Crippen molar-refractivity contribution >= 4 is 48.9 Å². The third kappa shape index (κ3) is 5.93. The molecule has 0 spiro atoms. The fourth-order valence-corrected chi connectivity index (χ4v) is 2.93. The van der Waals surface area contributed by atoms with Crippen LogP contribution in [0.3, 0.4) is 0 Å². The van der Waals surface area contributed by atoms with Gasteiger partial charge in [-0.1, -0.05) is 55.6 Å². The number of hydrogen-bond donors (Lipinski definition) is 0. The van der Waals surface area contributed by atoms with Gasteiger partial charge in [0.05, 0.1) is 6.10 Å². The van der Waals surface area contributed by atoms with E-state index in [1.807, 2.05) is 0 Å². The Morgan fingerprint density at radius 2 is 1.65 bits per heavy atom. The summed E-state index contributed by atoms with van der Waals surface area (Å²) in [6.45, 7) is 11.9. The molecule has 0 saturated carbocycles. The van der Waals surface area contributed by atoms with E-state index in [1.165, 1.54) is 6.92 Å². The van der Waals surface area contributed by atoms with Crippen molar-refractivity contribution in [2.75, 3.05) is 0 Å². The van der Waals surface area contributed by atoms with Gasteiger partial charge in [0.1, 0.15) is 5.78 Å². The van der Waals surface area contributed by atoms with E-state index in [-0.39, 0.29) is 17.2 Å². The van der Waals surface area contributed by atoms with Crippen LogP contribution in [0, 0.1) is 0 Å². The minimum absolute atomic E-state index is 0.0119. The van der Waals surface area contributed by atoms with Crippen LogP contribution in [0.15, 0.2) is 0 Å². The molecule has 0 saturated heterocycles. The second kappa shape index (κ2) is 5.79. The van der Waals surface area contributed by atoms with Gasteiger partial charge >= 0.3 is 0 Å². The summed E-state index contributed by atoms with van der Waals surface area (Å²) < 4.78 is 4.43. The van der Waals surface area contributed by atoms with E-state index in [2.05, 4.69) is 33.9 Å². The van der Waals surface area contributed by atoms with Gasteiger partial charge < -0.3 is 4.43 Å². The number of halogens is 3. The molecule has 17 heavy (non-hydrogen) atoms. The molecule has 0 unspecified atom stereocenters. The van der Waals surface area contributed by atoms with Gasteiger partial charge in [0.25, 0.3) is 0 Å². The van der Waals surface area contributed by atoms with Crippen LogP contribution in [0.2, 0.25) is 18.1 Å². The standard InChI is InChI=1S/C11H21Cl3O2Si/c1-8(15)7-9(11(12,13)14)16-17(5,6)10(2,3)4/h9H,7H2,1-6H3/t9-/m0/s1. The first kappa shape index (κ1) is 17.7. The quantitative estimate of drug-likeness (QED) is 0.553. The zero-order chi connectivity index (χ0) is 14.1. The monoisotopic (exact) mass is 318 g/mol. The molecule has 0 amide bonds. The molecule has 0 aromatic heterocycles. The van der Waals surface area contributed by atoms with Crippen LogP contribution in [-0.4, -0.2) is 24.0 Å². The Balaban J connectivity index is 4.94. The number of alkyl halides is 3. The Hall–Kier alpha value is 0.717. The summed E-state index contributed by atoms with van der Waals surface area (Å²) >= 11 is 17.6. The molecule has 0 aromatic carbocycles. The number of carbonyl (C=O) groups excluding carboxylic acids is 1. The third-order valence-corrected chi connectivity index (χ3v) is 8.30. The van der Waals surface area contributed by atoms with Crippen molar-refractivity contribution in [3.05, 3.63) is 0 Å². The average Bonchev–Trinajstić information content (AvgIpc) is 1.97. The van der Waals surface area contributed by atoms with Crippen LogP contribution in [0.4, 0.5) is 0 Å². The molecule has 0 aromatic rings. The molecule has 0 aliphatic carbocycles. The fourth-order valence-electron chi connectivity index (χ4n) is 1.02. The molecule has 6 heteroatoms. The highest BCUT2D eigenvalue weighted by Gasteiger charge is 2.44. The van der Waals surface area contributed by atoms with Gasteiger partial charge in [0.15, 0.2) is 8.32 Å². The average molecular weight is 320 g/mol. The Bertz CT molecular complexity index is 279. The summed E-state index contributed by atoms with van der Waals surface area (Å²) in [7, 11) is -2.05. The SMILES string of the molecule is CC(=O)C[C@H](O[Si](C)(C)C(C)(C)C)C(Cl)(Cl)Cl. The fraction of sp³-hybridized carbons (Fsp3) is 0.909. The second-order valence-electron chi connectivity index (χ2n) is 5.81. The van der Waals surface area contributed by atoms with E-state index in [9.17, 15) is 4.79 Å². The number of ketones is 1. The molecule has 0 rings (SSSR count). The van der Waals surface area contributed by atoms with E-state index < -0.39 is 18.2 Å². The van der Waals surface area contributed by atoms with Crippen molar-refractivity contribution in [3.63, 3.8) is 0 Å². The molecule has 0 radical (unpaired) electrons. The molecule has 102 valence electrons. The van der Waals surface area contributed by atoms with Crippen molar-refractivity contribution in [1.29, 1.82) is 0 Å². The van der Waals surface area contributed by atoms with Crippen LogP contribution >= 0.6 is 34.8 Å². The zero-order valence-electron chi connectivity index (χ0n) is 11.2. The van der Waals surface area contributed by atoms with E-state index >= 15 is 0 Å². The summed E-state index contributed by atoms with van der Waals surface area (Å²) in [6, 6.07) is 0. The molecular weight excluding hydrogens is 299 g/mol. The summed E-state index contributed by atoms with van der Waals surface area (Å²) in [6.07, 6.45) is -0.547. The molecule has 0 bridgehead atoms. The maximum atomic E-state index is 11.2. The van der Waals surface area contributed by atoms with Crippen LogP contribution in [0.1, 0.15) is 34.1 Å². The highest BCUT2D eigenvalue weighted by molar-refractivity contribution is 6.74. The Kier molecular flexibility index (Phi) is 6.03. The lowest BCUT2D eigenvalue weighted by molar-refractivity contribution is -0.118. The molecule has 1 atom stereocenters. The predicted octanol–water partition coefficient (Wildman–Crippen LogP) is 4.73. The molecule has 0 N–H and O–H groups in total. The van der Waals surface area contributed by atoms with Crippen LogP contribution in [0.25, 0.3) is 0 Å². The third-order valence-electron chi connectivity index (χ3n) is 3.08. The van der Waals surface area contributed by atoms with Crippen LogP contribution in [0.5, 0.6) is 0 Å². The maximum absolute atomic E-state index is 11.2. The first-order valence-electron chi connectivity index (χ1n) is 5.51. The highest BCUT2D eigenvalue weighted by atomic mass is 35.6. The Morgan fingerprint density at radius 3 is 1.88 bits per heavy atom. The first-order valence-corrected chi connectivity index (χ1v) is 9.55. The summed E-state index contributed by atoms with van der Waals surface area (Å²) in [5.74, 6) is -0.0416. The Morgan fingerprint density at radius 1 is 1.24 bits per heavy atom. The van der Waals surface area contributed by atoms with Gasteiger partial charge in [-0.3, -0.25) is 4.79 Å². The van der Waals surface area contributed by atoms with Gasteiger partial charge in [-0.2, -0.15) is 0 Å². The van der Waals surface area contributed by atoms with Gasteiger partial charge in [0, 0.05) is 6.42 Å². The van der Waals surface area contributed by atoms with Crippen LogP contribution in [-0.2, 0) is 9.22 Å². The molecule has 0 heterocycles. The van der Waals surface area contributed by atoms with E-state index in [4.69, 9.17) is 39.2 Å². The molecule has 2 nitrogen and oxygen atoms in total. The topological polar surface area (TPSA) is 26.3 Å². The van der Waals surface area contributed by atoms with Crippen molar-refractivity contribution in [1.82, 2.24) is 0 Å². The van der Waals surface area contributed by atoms with Crippen molar-refractivity contribution in [3.8, 4) is 0 Å². The maximum Gasteiger partial charge on any atom is 0.215 e. The molecule has 0 aliphatic rings. The largest absolute Gasteiger partial charge is 0.409 e. The number of Topliss-reactive ketones (excluding diaryl/α,β-unsaturated/α-hetero) is 1. The Labute approximate surface area is 120 Å². The lowest BCUT2D eigenvalue weighted by Gasteiger charge is -2.40. The smallest absolute Gasteiger partial charge is 0.215 e. The van der Waals surface area contributed by atoms with Gasteiger partial charge in [-0.05, 0) is 25.1 Å². The minimum atomic E-state index is -2.05. The number of carbonyl (C=O) groups is 1. The van der Waals surface area contributed by atoms with Crippen molar-refractivity contribution < 1.29 is 9.22 Å². The normalized spacial score (nSPS) is 15.8.